The second kappa shape index (κ2) is 8.79. The SMILES string of the molecule is CCC(C)(C)NC(=O)[C@H](c1ccc(C)o1)N(C(=O)c1csnn1)c1ccccc1C. The lowest BCUT2D eigenvalue weighted by molar-refractivity contribution is -0.124. The molecule has 158 valence electrons. The predicted molar refractivity (Wildman–Crippen MR) is 117 cm³/mol. The minimum atomic E-state index is -1.00. The van der Waals surface area contributed by atoms with Gasteiger partial charge in [-0.25, -0.2) is 0 Å². The number of aromatic nitrogens is 2. The van der Waals surface area contributed by atoms with E-state index in [-0.39, 0.29) is 11.6 Å². The van der Waals surface area contributed by atoms with Gasteiger partial charge in [0.05, 0.1) is 0 Å². The largest absolute Gasteiger partial charge is 0.464 e. The molecule has 8 heteroatoms. The summed E-state index contributed by atoms with van der Waals surface area (Å²) < 4.78 is 9.65. The topological polar surface area (TPSA) is 88.3 Å². The lowest BCUT2D eigenvalue weighted by atomic mass is 10.00. The molecule has 7 nitrogen and oxygen atoms in total. The van der Waals surface area contributed by atoms with E-state index in [4.69, 9.17) is 4.42 Å². The molecule has 0 spiro atoms. The van der Waals surface area contributed by atoms with Crippen molar-refractivity contribution in [1.29, 1.82) is 0 Å². The number of hydrogen-bond donors (Lipinski definition) is 1. The van der Waals surface area contributed by atoms with Crippen molar-refractivity contribution >= 4 is 29.0 Å². The Labute approximate surface area is 180 Å². The number of hydrogen-bond acceptors (Lipinski definition) is 6. The maximum absolute atomic E-state index is 13.5. The molecule has 2 amide bonds. The van der Waals surface area contributed by atoms with Crippen LogP contribution in [0, 0.1) is 13.8 Å². The van der Waals surface area contributed by atoms with Crippen LogP contribution >= 0.6 is 11.5 Å². The fourth-order valence-electron chi connectivity index (χ4n) is 3.05. The van der Waals surface area contributed by atoms with Gasteiger partial charge in [0.25, 0.3) is 11.8 Å². The first-order valence-corrected chi connectivity index (χ1v) is 10.6. The molecule has 0 fully saturated rings. The Bertz CT molecular complexity index is 1030. The normalized spacial score (nSPS) is 12.4. The highest BCUT2D eigenvalue weighted by Gasteiger charge is 2.38. The predicted octanol–water partition coefficient (Wildman–Crippen LogP) is 4.44. The van der Waals surface area contributed by atoms with Crippen LogP contribution in [0.25, 0.3) is 0 Å². The Balaban J connectivity index is 2.17. The van der Waals surface area contributed by atoms with Crippen molar-refractivity contribution in [3.63, 3.8) is 0 Å². The molecule has 3 rings (SSSR count). The molecular weight excluding hydrogens is 400 g/mol. The molecule has 0 aliphatic rings. The number of amides is 2. The van der Waals surface area contributed by atoms with Gasteiger partial charge in [-0.1, -0.05) is 29.6 Å². The minimum Gasteiger partial charge on any atom is -0.464 e. The molecule has 0 radical (unpaired) electrons. The third-order valence-electron chi connectivity index (χ3n) is 5.06. The fraction of sp³-hybridized carbons (Fsp3) is 0.364. The Morgan fingerprint density at radius 2 is 1.93 bits per heavy atom. The van der Waals surface area contributed by atoms with E-state index in [1.807, 2.05) is 52.0 Å². The van der Waals surface area contributed by atoms with E-state index >= 15 is 0 Å². The van der Waals surface area contributed by atoms with E-state index < -0.39 is 17.5 Å². The monoisotopic (exact) mass is 426 g/mol. The van der Waals surface area contributed by atoms with E-state index in [0.717, 1.165) is 23.5 Å². The van der Waals surface area contributed by atoms with E-state index in [9.17, 15) is 9.59 Å². The van der Waals surface area contributed by atoms with Gasteiger partial charge in [-0.2, -0.15) is 0 Å². The van der Waals surface area contributed by atoms with Crippen LogP contribution in [0.2, 0.25) is 0 Å². The first-order valence-electron chi connectivity index (χ1n) is 9.78. The van der Waals surface area contributed by atoms with Crippen LogP contribution in [-0.4, -0.2) is 26.9 Å². The molecule has 0 saturated carbocycles. The number of rotatable bonds is 7. The summed E-state index contributed by atoms with van der Waals surface area (Å²) >= 11 is 1.09. The summed E-state index contributed by atoms with van der Waals surface area (Å²) in [6, 6.07) is 9.95. The zero-order valence-corrected chi connectivity index (χ0v) is 18.6. The number of aryl methyl sites for hydroxylation is 2. The number of furan rings is 1. The van der Waals surface area contributed by atoms with Crippen LogP contribution in [0.1, 0.15) is 60.8 Å². The Morgan fingerprint density at radius 1 is 1.20 bits per heavy atom. The Morgan fingerprint density at radius 3 is 2.50 bits per heavy atom. The van der Waals surface area contributed by atoms with Gasteiger partial charge in [0.2, 0.25) is 0 Å². The molecule has 2 aromatic heterocycles. The van der Waals surface area contributed by atoms with Gasteiger partial charge in [-0.3, -0.25) is 14.5 Å². The molecule has 1 N–H and O–H groups in total. The molecule has 0 aliphatic heterocycles. The lowest BCUT2D eigenvalue weighted by Crippen LogP contribution is -2.50. The van der Waals surface area contributed by atoms with Crippen molar-refractivity contribution in [2.45, 2.75) is 52.6 Å². The van der Waals surface area contributed by atoms with Crippen molar-refractivity contribution in [1.82, 2.24) is 14.9 Å². The van der Waals surface area contributed by atoms with Gasteiger partial charge in [0.1, 0.15) is 11.5 Å². The first kappa shape index (κ1) is 21.7. The maximum Gasteiger partial charge on any atom is 0.280 e. The maximum atomic E-state index is 13.5. The first-order chi connectivity index (χ1) is 14.2. The quantitative estimate of drug-likeness (QED) is 0.603. The van der Waals surface area contributed by atoms with Crippen LogP contribution in [0.3, 0.4) is 0 Å². The minimum absolute atomic E-state index is 0.180. The Hall–Kier alpha value is -3.00. The van der Waals surface area contributed by atoms with Gasteiger partial charge >= 0.3 is 0 Å². The zero-order chi connectivity index (χ0) is 21.9. The van der Waals surface area contributed by atoms with Crippen LogP contribution in [-0.2, 0) is 4.79 Å². The highest BCUT2D eigenvalue weighted by molar-refractivity contribution is 7.03. The number of para-hydroxylation sites is 1. The molecule has 1 aromatic carbocycles. The molecule has 0 aliphatic carbocycles. The summed E-state index contributed by atoms with van der Waals surface area (Å²) in [5, 5.41) is 8.57. The van der Waals surface area contributed by atoms with E-state index in [0.29, 0.717) is 17.2 Å². The van der Waals surface area contributed by atoms with Gasteiger partial charge < -0.3 is 9.73 Å². The van der Waals surface area contributed by atoms with Crippen molar-refractivity contribution < 1.29 is 14.0 Å². The smallest absolute Gasteiger partial charge is 0.280 e. The Kier molecular flexibility index (Phi) is 6.36. The van der Waals surface area contributed by atoms with Crippen molar-refractivity contribution in [2.75, 3.05) is 4.90 Å². The number of benzene rings is 1. The molecule has 30 heavy (non-hydrogen) atoms. The fourth-order valence-corrected chi connectivity index (χ4v) is 3.48. The average Bonchev–Trinajstić information content (AvgIpc) is 3.38. The molecule has 0 unspecified atom stereocenters. The molecular formula is C22H26N4O3S. The molecule has 3 aromatic rings. The summed E-state index contributed by atoms with van der Waals surface area (Å²) in [6.07, 6.45) is 0.733. The summed E-state index contributed by atoms with van der Waals surface area (Å²) in [5.41, 5.74) is 1.20. The van der Waals surface area contributed by atoms with Crippen LogP contribution in [0.15, 0.2) is 46.2 Å². The highest BCUT2D eigenvalue weighted by Crippen LogP contribution is 2.33. The molecule has 1 atom stereocenters. The van der Waals surface area contributed by atoms with Crippen LogP contribution in [0.4, 0.5) is 5.69 Å². The average molecular weight is 427 g/mol. The molecule has 0 bridgehead atoms. The van der Waals surface area contributed by atoms with Gasteiger partial charge in [-0.05, 0) is 69.4 Å². The number of carbonyl (C=O) groups is 2. The van der Waals surface area contributed by atoms with E-state index in [1.165, 1.54) is 4.90 Å². The van der Waals surface area contributed by atoms with Crippen molar-refractivity contribution in [2.24, 2.45) is 0 Å². The van der Waals surface area contributed by atoms with Crippen molar-refractivity contribution in [3.05, 3.63) is 64.6 Å². The number of anilines is 1. The van der Waals surface area contributed by atoms with Crippen LogP contribution < -0.4 is 10.2 Å². The summed E-state index contributed by atoms with van der Waals surface area (Å²) in [7, 11) is 0. The summed E-state index contributed by atoms with van der Waals surface area (Å²) in [5.74, 6) is 0.305. The van der Waals surface area contributed by atoms with Gasteiger partial charge in [-0.15, -0.1) is 5.10 Å². The number of nitrogens with one attached hydrogen (secondary N) is 1. The van der Waals surface area contributed by atoms with Crippen molar-refractivity contribution in [3.8, 4) is 0 Å². The molecule has 2 heterocycles. The van der Waals surface area contributed by atoms with Gasteiger partial charge in [0.15, 0.2) is 11.7 Å². The second-order valence-corrected chi connectivity index (χ2v) is 8.44. The van der Waals surface area contributed by atoms with Gasteiger partial charge in [0, 0.05) is 16.6 Å². The number of nitrogens with zero attached hydrogens (tertiary/aromatic N) is 3. The third-order valence-corrected chi connectivity index (χ3v) is 5.56. The highest BCUT2D eigenvalue weighted by atomic mass is 32.1. The summed E-state index contributed by atoms with van der Waals surface area (Å²) in [4.78, 5) is 28.5. The number of carbonyl (C=O) groups excluding carboxylic acids is 2. The summed E-state index contributed by atoms with van der Waals surface area (Å²) in [6.45, 7) is 9.59. The second-order valence-electron chi connectivity index (χ2n) is 7.83. The molecule has 0 saturated heterocycles. The standard InChI is InChI=1S/C22H26N4O3S/c1-6-22(4,5)23-20(27)19(18-12-11-15(3)29-18)26(17-10-8-7-9-14(17)2)21(28)16-13-30-25-24-16/h7-13,19H,6H2,1-5H3,(H,23,27)/t19-/m0/s1. The third kappa shape index (κ3) is 4.59. The van der Waals surface area contributed by atoms with E-state index in [2.05, 4.69) is 14.9 Å². The zero-order valence-electron chi connectivity index (χ0n) is 17.8. The lowest BCUT2D eigenvalue weighted by Gasteiger charge is -2.33. The van der Waals surface area contributed by atoms with Crippen LogP contribution in [0.5, 0.6) is 0 Å². The van der Waals surface area contributed by atoms with E-state index in [1.54, 1.807) is 24.4 Å².